The second-order valence-electron chi connectivity index (χ2n) is 6.71. The molecule has 0 aliphatic carbocycles. The highest BCUT2D eigenvalue weighted by molar-refractivity contribution is 5.95. The van der Waals surface area contributed by atoms with E-state index in [9.17, 15) is 18.4 Å². The zero-order chi connectivity index (χ0) is 21.1. The third-order valence-electron chi connectivity index (χ3n) is 4.25. The van der Waals surface area contributed by atoms with Crippen LogP contribution in [0.15, 0.2) is 53.3 Å². The van der Waals surface area contributed by atoms with E-state index in [0.29, 0.717) is 11.6 Å². The molecule has 2 N–H and O–H groups in total. The Kier molecular flexibility index (Phi) is 5.84. The van der Waals surface area contributed by atoms with Gasteiger partial charge in [-0.3, -0.25) is 9.59 Å². The van der Waals surface area contributed by atoms with Crippen LogP contribution in [0.1, 0.15) is 22.8 Å². The van der Waals surface area contributed by atoms with Gasteiger partial charge in [-0.2, -0.15) is 9.78 Å². The van der Waals surface area contributed by atoms with E-state index in [1.165, 1.54) is 6.07 Å². The van der Waals surface area contributed by atoms with Crippen LogP contribution in [0.4, 0.5) is 8.78 Å². The molecule has 0 saturated carbocycles. The highest BCUT2D eigenvalue weighted by Crippen LogP contribution is 2.19. The summed E-state index contributed by atoms with van der Waals surface area (Å²) >= 11 is 0. The number of hydrogen-bond acceptors (Lipinski definition) is 4. The first-order valence-corrected chi connectivity index (χ1v) is 8.88. The van der Waals surface area contributed by atoms with Crippen molar-refractivity contribution in [3.05, 3.63) is 81.6 Å². The summed E-state index contributed by atoms with van der Waals surface area (Å²) < 4.78 is 28.2. The molecule has 1 aromatic heterocycles. The summed E-state index contributed by atoms with van der Waals surface area (Å²) in [5, 5.41) is 15.9. The summed E-state index contributed by atoms with van der Waals surface area (Å²) in [5.74, 6) is -2.48. The maximum absolute atomic E-state index is 13.7. The van der Waals surface area contributed by atoms with Crippen LogP contribution in [-0.4, -0.2) is 33.4 Å². The molecule has 29 heavy (non-hydrogen) atoms. The van der Waals surface area contributed by atoms with Crippen molar-refractivity contribution < 1.29 is 18.7 Å². The van der Waals surface area contributed by atoms with Crippen molar-refractivity contribution in [2.45, 2.75) is 19.9 Å². The van der Waals surface area contributed by atoms with Crippen LogP contribution in [0.3, 0.4) is 0 Å². The molecule has 1 atom stereocenters. The van der Waals surface area contributed by atoms with Crippen molar-refractivity contribution in [2.75, 3.05) is 6.61 Å². The Morgan fingerprint density at radius 2 is 1.76 bits per heavy atom. The Morgan fingerprint density at radius 1 is 1.14 bits per heavy atom. The Labute approximate surface area is 165 Å². The number of nitrogens with zero attached hydrogens (tertiary/aromatic N) is 2. The summed E-state index contributed by atoms with van der Waals surface area (Å²) in [5.41, 5.74) is 0.644. The average molecular weight is 399 g/mol. The van der Waals surface area contributed by atoms with Crippen LogP contribution >= 0.6 is 0 Å². The molecule has 0 fully saturated rings. The van der Waals surface area contributed by atoms with Crippen molar-refractivity contribution in [3.8, 4) is 16.9 Å². The molecule has 0 bridgehead atoms. The first kappa shape index (κ1) is 20.3. The molecule has 3 aromatic rings. The Morgan fingerprint density at radius 3 is 2.34 bits per heavy atom. The molecule has 0 saturated heterocycles. The summed E-state index contributed by atoms with van der Waals surface area (Å²) in [4.78, 5) is 25.5. The molecule has 0 radical (unpaired) electrons. The molecule has 0 spiro atoms. The second-order valence-corrected chi connectivity index (χ2v) is 6.71. The lowest BCUT2D eigenvalue weighted by Crippen LogP contribution is -2.39. The lowest BCUT2D eigenvalue weighted by molar-refractivity contribution is 0.0920. The van der Waals surface area contributed by atoms with Crippen molar-refractivity contribution in [2.24, 2.45) is 0 Å². The molecule has 8 heteroatoms. The average Bonchev–Trinajstić information content (AvgIpc) is 2.67. The van der Waals surface area contributed by atoms with Crippen molar-refractivity contribution >= 4 is 5.91 Å². The van der Waals surface area contributed by atoms with E-state index >= 15 is 0 Å². The number of halogens is 2. The van der Waals surface area contributed by atoms with Gasteiger partial charge in [0.25, 0.3) is 11.5 Å². The highest BCUT2D eigenvalue weighted by atomic mass is 19.1. The molecule has 0 aliphatic rings. The number of rotatable bonds is 5. The number of nitrogens with one attached hydrogen (secondary N) is 1. The number of aliphatic hydroxyl groups is 1. The highest BCUT2D eigenvalue weighted by Gasteiger charge is 2.19. The van der Waals surface area contributed by atoms with Gasteiger partial charge in [-0.05, 0) is 32.0 Å². The Balaban J connectivity index is 2.22. The van der Waals surface area contributed by atoms with E-state index in [2.05, 4.69) is 10.4 Å². The van der Waals surface area contributed by atoms with E-state index in [0.717, 1.165) is 22.4 Å². The standard InChI is InChI=1S/C21H19F2N3O3/c1-12-3-5-14(6-4-12)19-10-18(20(28)24-13(2)11-27)21(29)26(25-19)17-8-15(22)7-16(23)9-17/h3-10,13,27H,11H2,1-2H3,(H,24,28)/t13-/m0/s1. The van der Waals surface area contributed by atoms with Gasteiger partial charge in [0.1, 0.15) is 17.2 Å². The van der Waals surface area contributed by atoms with E-state index in [-0.39, 0.29) is 23.6 Å². The fraction of sp³-hybridized carbons (Fsp3) is 0.190. The molecular formula is C21H19F2N3O3. The topological polar surface area (TPSA) is 84.2 Å². The maximum Gasteiger partial charge on any atom is 0.284 e. The third kappa shape index (κ3) is 4.55. The largest absolute Gasteiger partial charge is 0.394 e. The SMILES string of the molecule is Cc1ccc(-c2cc(C(=O)N[C@@H](C)CO)c(=O)n(-c3cc(F)cc(F)c3)n2)cc1. The molecule has 1 amide bonds. The molecule has 0 aliphatic heterocycles. The Hall–Kier alpha value is -3.39. The van der Waals surface area contributed by atoms with Crippen molar-refractivity contribution in [3.63, 3.8) is 0 Å². The van der Waals surface area contributed by atoms with E-state index < -0.39 is 29.1 Å². The van der Waals surface area contributed by atoms with Crippen LogP contribution < -0.4 is 10.9 Å². The van der Waals surface area contributed by atoms with Crippen LogP contribution in [0.25, 0.3) is 16.9 Å². The van der Waals surface area contributed by atoms with Crippen molar-refractivity contribution in [1.29, 1.82) is 0 Å². The van der Waals surface area contributed by atoms with Gasteiger partial charge in [-0.15, -0.1) is 0 Å². The van der Waals surface area contributed by atoms with Gasteiger partial charge in [0.2, 0.25) is 0 Å². The number of aromatic nitrogens is 2. The number of hydrogen-bond donors (Lipinski definition) is 2. The summed E-state index contributed by atoms with van der Waals surface area (Å²) in [6.45, 7) is 3.16. The third-order valence-corrected chi connectivity index (χ3v) is 4.25. The van der Waals surface area contributed by atoms with Gasteiger partial charge in [-0.25, -0.2) is 8.78 Å². The quantitative estimate of drug-likeness (QED) is 0.691. The zero-order valence-electron chi connectivity index (χ0n) is 15.8. The van der Waals surface area contributed by atoms with Gasteiger partial charge < -0.3 is 10.4 Å². The van der Waals surface area contributed by atoms with Gasteiger partial charge in [0, 0.05) is 17.7 Å². The second kappa shape index (κ2) is 8.32. The number of amides is 1. The zero-order valence-corrected chi connectivity index (χ0v) is 15.8. The summed E-state index contributed by atoms with van der Waals surface area (Å²) in [6.07, 6.45) is 0. The van der Waals surface area contributed by atoms with E-state index in [4.69, 9.17) is 5.11 Å². The summed E-state index contributed by atoms with van der Waals surface area (Å²) in [7, 11) is 0. The maximum atomic E-state index is 13.7. The molecule has 2 aromatic carbocycles. The van der Waals surface area contributed by atoms with E-state index in [1.54, 1.807) is 19.1 Å². The Bertz CT molecular complexity index is 1090. The molecular weight excluding hydrogens is 380 g/mol. The first-order chi connectivity index (χ1) is 13.8. The minimum Gasteiger partial charge on any atom is -0.394 e. The predicted octanol–water partition coefficient (Wildman–Crippen LogP) is 2.60. The van der Waals surface area contributed by atoms with Crippen LogP contribution in [-0.2, 0) is 0 Å². The van der Waals surface area contributed by atoms with Crippen LogP contribution in [0.5, 0.6) is 0 Å². The predicted molar refractivity (Wildman–Crippen MR) is 104 cm³/mol. The number of aryl methyl sites for hydroxylation is 1. The van der Waals surface area contributed by atoms with Gasteiger partial charge in [0.05, 0.1) is 18.0 Å². The molecule has 1 heterocycles. The molecule has 0 unspecified atom stereocenters. The lowest BCUT2D eigenvalue weighted by atomic mass is 10.1. The van der Waals surface area contributed by atoms with E-state index in [1.807, 2.05) is 19.1 Å². The normalized spacial score (nSPS) is 11.9. The summed E-state index contributed by atoms with van der Waals surface area (Å²) in [6, 6.07) is 10.5. The number of carbonyl (C=O) groups is 1. The monoisotopic (exact) mass is 399 g/mol. The fourth-order valence-corrected chi connectivity index (χ4v) is 2.71. The fourth-order valence-electron chi connectivity index (χ4n) is 2.71. The first-order valence-electron chi connectivity index (χ1n) is 8.88. The minimum absolute atomic E-state index is 0.147. The molecule has 3 rings (SSSR count). The minimum atomic E-state index is -0.880. The lowest BCUT2D eigenvalue weighted by Gasteiger charge is -2.14. The smallest absolute Gasteiger partial charge is 0.284 e. The number of aliphatic hydroxyl groups excluding tert-OH is 1. The van der Waals surface area contributed by atoms with Crippen LogP contribution in [0, 0.1) is 18.6 Å². The van der Waals surface area contributed by atoms with Crippen molar-refractivity contribution in [1.82, 2.24) is 15.1 Å². The molecule has 150 valence electrons. The van der Waals surface area contributed by atoms with Crippen LogP contribution in [0.2, 0.25) is 0 Å². The van der Waals surface area contributed by atoms with Gasteiger partial charge in [0.15, 0.2) is 0 Å². The van der Waals surface area contributed by atoms with Gasteiger partial charge in [-0.1, -0.05) is 29.8 Å². The number of carbonyl (C=O) groups excluding carboxylic acids is 1. The van der Waals surface area contributed by atoms with Gasteiger partial charge >= 0.3 is 0 Å². The molecule has 6 nitrogen and oxygen atoms in total. The number of benzene rings is 2.